The third kappa shape index (κ3) is 6.69. The molecule has 3 unspecified atom stereocenters. The van der Waals surface area contributed by atoms with Crippen LogP contribution in [0.2, 0.25) is 0 Å². The summed E-state index contributed by atoms with van der Waals surface area (Å²) in [5.74, 6) is 2.42. The van der Waals surface area contributed by atoms with Gasteiger partial charge in [-0.3, -0.25) is 0 Å². The Morgan fingerprint density at radius 2 is 1.56 bits per heavy atom. The van der Waals surface area contributed by atoms with Crippen molar-refractivity contribution in [3.05, 3.63) is 83.4 Å². The zero-order valence-electron chi connectivity index (χ0n) is 24.3. The largest absolute Gasteiger partial charge is 0.392 e. The summed E-state index contributed by atoms with van der Waals surface area (Å²) in [4.78, 5) is 15.1. The van der Waals surface area contributed by atoms with Crippen LogP contribution < -0.4 is 10.6 Å². The van der Waals surface area contributed by atoms with Crippen LogP contribution in [0, 0.1) is 17.8 Å². The molecule has 1 heterocycles. The highest BCUT2D eigenvalue weighted by atomic mass is 16.7. The van der Waals surface area contributed by atoms with Gasteiger partial charge >= 0.3 is 6.03 Å². The van der Waals surface area contributed by atoms with Gasteiger partial charge in [0.15, 0.2) is 6.29 Å². The van der Waals surface area contributed by atoms with Gasteiger partial charge in [0.05, 0.1) is 18.8 Å². The number of hydrogen-bond donors (Lipinski definition) is 3. The van der Waals surface area contributed by atoms with Gasteiger partial charge in [-0.15, -0.1) is 6.58 Å². The number of carbonyl (C=O) groups is 1. The van der Waals surface area contributed by atoms with Gasteiger partial charge in [-0.25, -0.2) is 4.79 Å². The van der Waals surface area contributed by atoms with Crippen molar-refractivity contribution >= 4 is 6.03 Å². The molecule has 5 fully saturated rings. The van der Waals surface area contributed by atoms with Crippen LogP contribution in [-0.4, -0.2) is 47.8 Å². The smallest absolute Gasteiger partial charge is 0.315 e. The van der Waals surface area contributed by atoms with Crippen molar-refractivity contribution in [2.75, 3.05) is 20.1 Å². The maximum Gasteiger partial charge on any atom is 0.315 e. The van der Waals surface area contributed by atoms with Crippen molar-refractivity contribution in [2.24, 2.45) is 17.8 Å². The zero-order chi connectivity index (χ0) is 28.4. The predicted molar refractivity (Wildman–Crippen MR) is 159 cm³/mol. The SMILES string of the molecule is C=CCN(C)CC1CC(c2ccc(CO)cc2)OC(c2ccc(CNC(=O)NC34CC5CC(CC(C5)C3)C4)cc2)O1. The van der Waals surface area contributed by atoms with E-state index in [1.54, 1.807) is 0 Å². The highest BCUT2D eigenvalue weighted by molar-refractivity contribution is 5.75. The number of urea groups is 1. The Morgan fingerprint density at radius 1 is 0.951 bits per heavy atom. The number of nitrogens with one attached hydrogen (secondary N) is 2. The van der Waals surface area contributed by atoms with E-state index in [0.717, 1.165) is 78.8 Å². The van der Waals surface area contributed by atoms with Crippen molar-refractivity contribution in [3.8, 4) is 0 Å². The standard InChI is InChI=1S/C34H45N3O4/c1-3-12-37(2)21-30-16-31(28-8-6-24(22-38)7-9-28)41-32(40-30)29-10-4-23(5-11-29)20-35-33(39)36-34-17-25-13-26(18-34)15-27(14-25)19-34/h3-11,25-27,30-32,38H,1,12-22H2,2H3,(H2,35,36,39). The number of aliphatic hydroxyl groups excluding tert-OH is 1. The molecule has 7 rings (SSSR count). The molecule has 220 valence electrons. The van der Waals surface area contributed by atoms with E-state index >= 15 is 0 Å². The van der Waals surface area contributed by atoms with E-state index in [1.807, 2.05) is 54.6 Å². The monoisotopic (exact) mass is 559 g/mol. The third-order valence-electron chi connectivity index (χ3n) is 9.69. The van der Waals surface area contributed by atoms with Crippen LogP contribution >= 0.6 is 0 Å². The minimum Gasteiger partial charge on any atom is -0.392 e. The van der Waals surface area contributed by atoms with E-state index in [0.29, 0.717) is 6.54 Å². The summed E-state index contributed by atoms with van der Waals surface area (Å²) in [6, 6.07) is 16.1. The van der Waals surface area contributed by atoms with Crippen LogP contribution in [-0.2, 0) is 22.6 Å². The fourth-order valence-electron chi connectivity index (χ4n) is 8.20. The number of aliphatic hydroxyl groups is 1. The van der Waals surface area contributed by atoms with E-state index in [-0.39, 0.29) is 30.4 Å². The summed E-state index contributed by atoms with van der Waals surface area (Å²) < 4.78 is 12.9. The van der Waals surface area contributed by atoms with Crippen LogP contribution in [0.25, 0.3) is 0 Å². The highest BCUT2D eigenvalue weighted by Crippen LogP contribution is 2.55. The van der Waals surface area contributed by atoms with Crippen molar-refractivity contribution in [2.45, 2.75) is 82.1 Å². The minimum atomic E-state index is -0.491. The summed E-state index contributed by atoms with van der Waals surface area (Å²) >= 11 is 0. The van der Waals surface area contributed by atoms with Crippen LogP contribution in [0.1, 0.15) is 79.6 Å². The Morgan fingerprint density at radius 3 is 2.17 bits per heavy atom. The van der Waals surface area contributed by atoms with Crippen LogP contribution in [0.5, 0.6) is 0 Å². The van der Waals surface area contributed by atoms with Gasteiger partial charge in [0.1, 0.15) is 0 Å². The lowest BCUT2D eigenvalue weighted by Gasteiger charge is -2.56. The Hall–Kier alpha value is -2.71. The van der Waals surface area contributed by atoms with Gasteiger partial charge in [-0.2, -0.15) is 0 Å². The van der Waals surface area contributed by atoms with Crippen molar-refractivity contribution < 1.29 is 19.4 Å². The molecule has 0 spiro atoms. The first-order valence-electron chi connectivity index (χ1n) is 15.3. The van der Waals surface area contributed by atoms with Gasteiger partial charge in [-0.1, -0.05) is 54.6 Å². The number of carbonyl (C=O) groups excluding carboxylic acids is 1. The summed E-state index contributed by atoms with van der Waals surface area (Å²) in [5, 5.41) is 15.9. The number of amides is 2. The van der Waals surface area contributed by atoms with Gasteiger partial charge in [0.25, 0.3) is 0 Å². The van der Waals surface area contributed by atoms with Crippen molar-refractivity contribution in [1.29, 1.82) is 0 Å². The first kappa shape index (κ1) is 28.4. The number of hydrogen-bond acceptors (Lipinski definition) is 5. The molecule has 0 aromatic heterocycles. The Bertz CT molecular complexity index is 1160. The van der Waals surface area contributed by atoms with E-state index in [1.165, 1.54) is 19.3 Å². The van der Waals surface area contributed by atoms with Gasteiger partial charge in [0.2, 0.25) is 0 Å². The second kappa shape index (κ2) is 12.3. The third-order valence-corrected chi connectivity index (χ3v) is 9.69. The lowest BCUT2D eigenvalue weighted by molar-refractivity contribution is -0.252. The van der Waals surface area contributed by atoms with Crippen LogP contribution in [0.15, 0.2) is 61.2 Å². The number of ether oxygens (including phenoxy) is 2. The fourth-order valence-corrected chi connectivity index (χ4v) is 8.20. The molecule has 4 saturated carbocycles. The van der Waals surface area contributed by atoms with E-state index in [9.17, 15) is 9.90 Å². The topological polar surface area (TPSA) is 83.1 Å². The van der Waals surface area contributed by atoms with E-state index in [4.69, 9.17) is 9.47 Å². The highest BCUT2D eigenvalue weighted by Gasteiger charge is 2.51. The Kier molecular flexibility index (Phi) is 8.50. The summed E-state index contributed by atoms with van der Waals surface area (Å²) in [7, 11) is 2.07. The molecule has 1 saturated heterocycles. The number of nitrogens with zero attached hydrogens (tertiary/aromatic N) is 1. The molecule has 4 aliphatic carbocycles. The number of likely N-dealkylation sites (N-methyl/N-ethyl adjacent to an activating group) is 1. The summed E-state index contributed by atoms with van der Waals surface area (Å²) in [6.07, 6.45) is 9.60. The first-order valence-corrected chi connectivity index (χ1v) is 15.3. The van der Waals surface area contributed by atoms with Crippen LogP contribution in [0.3, 0.4) is 0 Å². The summed E-state index contributed by atoms with van der Waals surface area (Å²) in [6.45, 7) is 5.94. The first-order chi connectivity index (χ1) is 19.9. The molecule has 1 aliphatic heterocycles. The second-order valence-corrected chi connectivity index (χ2v) is 13.1. The Labute approximate surface area is 244 Å². The molecular weight excluding hydrogens is 514 g/mol. The van der Waals surface area contributed by atoms with E-state index < -0.39 is 6.29 Å². The number of benzene rings is 2. The van der Waals surface area contributed by atoms with Crippen molar-refractivity contribution in [1.82, 2.24) is 15.5 Å². The normalized spacial score (nSPS) is 32.2. The lowest BCUT2D eigenvalue weighted by Crippen LogP contribution is -2.61. The molecular formula is C34H45N3O4. The van der Waals surface area contributed by atoms with E-state index in [2.05, 4.69) is 29.2 Å². The molecule has 3 atom stereocenters. The average molecular weight is 560 g/mol. The molecule has 0 radical (unpaired) electrons. The molecule has 7 nitrogen and oxygen atoms in total. The molecule has 3 N–H and O–H groups in total. The molecule has 4 bridgehead atoms. The fraction of sp³-hybridized carbons (Fsp3) is 0.559. The summed E-state index contributed by atoms with van der Waals surface area (Å²) in [5.41, 5.74) is 3.99. The maximum atomic E-state index is 12.9. The molecule has 5 aliphatic rings. The van der Waals surface area contributed by atoms with Crippen LogP contribution in [0.4, 0.5) is 4.79 Å². The number of rotatable bonds is 10. The van der Waals surface area contributed by atoms with Gasteiger partial charge < -0.3 is 30.1 Å². The molecule has 41 heavy (non-hydrogen) atoms. The quantitative estimate of drug-likeness (QED) is 0.330. The molecule has 2 aromatic rings. The minimum absolute atomic E-state index is 0.00385. The average Bonchev–Trinajstić information content (AvgIpc) is 2.95. The van der Waals surface area contributed by atoms with Gasteiger partial charge in [-0.05, 0) is 80.0 Å². The molecule has 7 heteroatoms. The predicted octanol–water partition coefficient (Wildman–Crippen LogP) is 5.61. The lowest BCUT2D eigenvalue weighted by atomic mass is 9.53. The Balaban J connectivity index is 1.07. The molecule has 2 amide bonds. The van der Waals surface area contributed by atoms with Crippen molar-refractivity contribution in [3.63, 3.8) is 0 Å². The van der Waals surface area contributed by atoms with Gasteiger partial charge in [0, 0.05) is 37.2 Å². The zero-order valence-corrected chi connectivity index (χ0v) is 24.3. The molecule has 2 aromatic carbocycles. The second-order valence-electron chi connectivity index (χ2n) is 13.1. The maximum absolute atomic E-state index is 12.9.